The van der Waals surface area contributed by atoms with Crippen LogP contribution in [0.15, 0.2) is 54.1 Å². The van der Waals surface area contributed by atoms with Gasteiger partial charge in [0.15, 0.2) is 0 Å². The Morgan fingerprint density at radius 1 is 0.886 bits per heavy atom. The molecule has 6 nitrogen and oxygen atoms in total. The number of Topliss-reactive ketones (excluding diaryl/α,β-unsaturated/α-hetero) is 1. The quantitative estimate of drug-likeness (QED) is 0.242. The molecule has 0 radical (unpaired) electrons. The first-order valence-electron chi connectivity index (χ1n) is 12.7. The zero-order valence-corrected chi connectivity index (χ0v) is 21.2. The van der Waals surface area contributed by atoms with E-state index in [4.69, 9.17) is 0 Å². The number of aryl methyl sites for hydroxylation is 1. The van der Waals surface area contributed by atoms with Crippen molar-refractivity contribution in [3.05, 3.63) is 70.8 Å². The van der Waals surface area contributed by atoms with Gasteiger partial charge in [-0.05, 0) is 63.5 Å². The Hall–Kier alpha value is -3.12. The molecule has 1 amide bonds. The molecule has 0 bridgehead atoms. The summed E-state index contributed by atoms with van der Waals surface area (Å²) in [6.07, 6.45) is 5.28. The summed E-state index contributed by atoms with van der Waals surface area (Å²) in [5.74, 6) is -1.33. The van der Waals surface area contributed by atoms with Crippen LogP contribution in [0.2, 0.25) is 0 Å². The maximum Gasteiger partial charge on any atom is 0.295 e. The van der Waals surface area contributed by atoms with Crippen LogP contribution in [-0.4, -0.2) is 57.9 Å². The fourth-order valence-corrected chi connectivity index (χ4v) is 4.54. The van der Waals surface area contributed by atoms with Crippen LogP contribution in [0.5, 0.6) is 5.75 Å². The molecule has 1 saturated heterocycles. The Morgan fingerprint density at radius 2 is 1.46 bits per heavy atom. The molecule has 1 aliphatic rings. The third-order valence-electron chi connectivity index (χ3n) is 6.60. The van der Waals surface area contributed by atoms with Crippen LogP contribution in [0.1, 0.15) is 68.7 Å². The molecule has 1 atom stereocenters. The van der Waals surface area contributed by atoms with Gasteiger partial charge in [-0.2, -0.15) is 0 Å². The van der Waals surface area contributed by atoms with E-state index in [1.807, 2.05) is 19.1 Å². The second-order valence-electron chi connectivity index (χ2n) is 9.35. The highest BCUT2D eigenvalue weighted by atomic mass is 16.3. The number of aromatic hydroxyl groups is 1. The van der Waals surface area contributed by atoms with Gasteiger partial charge < -0.3 is 20.0 Å². The van der Waals surface area contributed by atoms with E-state index >= 15 is 0 Å². The third kappa shape index (κ3) is 6.51. The highest BCUT2D eigenvalue weighted by Gasteiger charge is 2.45. The van der Waals surface area contributed by atoms with Crippen LogP contribution >= 0.6 is 0 Å². The third-order valence-corrected chi connectivity index (χ3v) is 6.60. The minimum Gasteiger partial charge on any atom is -0.508 e. The van der Waals surface area contributed by atoms with E-state index < -0.39 is 17.7 Å². The van der Waals surface area contributed by atoms with E-state index in [1.54, 1.807) is 41.3 Å². The maximum absolute atomic E-state index is 13.2. The van der Waals surface area contributed by atoms with Crippen LogP contribution in [0.25, 0.3) is 5.76 Å². The zero-order chi connectivity index (χ0) is 25.4. The molecule has 0 unspecified atom stereocenters. The molecule has 3 rings (SSSR count). The van der Waals surface area contributed by atoms with Crippen molar-refractivity contribution in [2.24, 2.45) is 0 Å². The minimum absolute atomic E-state index is 0.0957. The smallest absolute Gasteiger partial charge is 0.295 e. The minimum atomic E-state index is -0.698. The largest absolute Gasteiger partial charge is 0.508 e. The molecule has 2 aromatic rings. The average molecular weight is 479 g/mol. The normalized spacial score (nSPS) is 17.5. The topological polar surface area (TPSA) is 81.1 Å². The van der Waals surface area contributed by atoms with Crippen LogP contribution < -0.4 is 0 Å². The standard InChI is InChI=1S/C29H38N2O4/c1-4-6-17-30(18-7-5-2)19-8-20-31-26(22-13-15-24(32)16-14-22)25(28(34)29(31)35)27(33)23-11-9-21(3)10-12-23/h9-16,26,32-33H,4-8,17-20H2,1-3H3/t26-/m0/s1. The van der Waals surface area contributed by atoms with Gasteiger partial charge in [0.05, 0.1) is 11.6 Å². The molecule has 1 aliphatic heterocycles. The summed E-state index contributed by atoms with van der Waals surface area (Å²) in [4.78, 5) is 30.3. The highest BCUT2D eigenvalue weighted by molar-refractivity contribution is 6.46. The van der Waals surface area contributed by atoms with E-state index in [1.165, 1.54) is 0 Å². The molecule has 2 N–H and O–H groups in total. The van der Waals surface area contributed by atoms with Gasteiger partial charge in [0.2, 0.25) is 0 Å². The number of rotatable bonds is 12. The van der Waals surface area contributed by atoms with E-state index in [2.05, 4.69) is 18.7 Å². The Bertz CT molecular complexity index is 1020. The van der Waals surface area contributed by atoms with Crippen molar-refractivity contribution >= 4 is 17.4 Å². The lowest BCUT2D eigenvalue weighted by atomic mass is 9.95. The molecule has 0 saturated carbocycles. The second kappa shape index (κ2) is 12.5. The van der Waals surface area contributed by atoms with Crippen molar-refractivity contribution in [3.8, 4) is 5.75 Å². The first kappa shape index (κ1) is 26.5. The van der Waals surface area contributed by atoms with Gasteiger partial charge in [0.1, 0.15) is 11.5 Å². The summed E-state index contributed by atoms with van der Waals surface area (Å²) >= 11 is 0. The number of ketones is 1. The van der Waals surface area contributed by atoms with Crippen LogP contribution in [0, 0.1) is 6.92 Å². The number of aliphatic hydroxyl groups excluding tert-OH is 1. The SMILES string of the molecule is CCCCN(CCCC)CCCN1C(=O)C(=O)C(=C(O)c2ccc(C)cc2)[C@@H]1c1ccc(O)cc1. The zero-order valence-electron chi connectivity index (χ0n) is 21.2. The lowest BCUT2D eigenvalue weighted by molar-refractivity contribution is -0.140. The lowest BCUT2D eigenvalue weighted by Crippen LogP contribution is -2.34. The molecule has 0 aromatic heterocycles. The number of likely N-dealkylation sites (tertiary alicyclic amines) is 1. The molecule has 6 heteroatoms. The van der Waals surface area contributed by atoms with Crippen molar-refractivity contribution in [3.63, 3.8) is 0 Å². The fraction of sp³-hybridized carbons (Fsp3) is 0.448. The molecule has 1 fully saturated rings. The molecule has 0 aliphatic carbocycles. The summed E-state index contributed by atoms with van der Waals surface area (Å²) in [6, 6.07) is 13.0. The summed E-state index contributed by atoms with van der Waals surface area (Å²) in [6.45, 7) is 9.64. The van der Waals surface area contributed by atoms with Gasteiger partial charge in [-0.3, -0.25) is 9.59 Å². The van der Waals surface area contributed by atoms with E-state index in [-0.39, 0.29) is 17.1 Å². The van der Waals surface area contributed by atoms with Crippen LogP contribution in [-0.2, 0) is 9.59 Å². The number of phenols is 1. The highest BCUT2D eigenvalue weighted by Crippen LogP contribution is 2.39. The molecule has 1 heterocycles. The predicted octanol–water partition coefficient (Wildman–Crippen LogP) is 5.41. The van der Waals surface area contributed by atoms with Gasteiger partial charge >= 0.3 is 0 Å². The number of unbranched alkanes of at least 4 members (excludes halogenated alkanes) is 2. The predicted molar refractivity (Wildman–Crippen MR) is 139 cm³/mol. The fourth-order valence-electron chi connectivity index (χ4n) is 4.54. The monoisotopic (exact) mass is 478 g/mol. The van der Waals surface area contributed by atoms with Crippen LogP contribution in [0.4, 0.5) is 0 Å². The number of hydrogen-bond acceptors (Lipinski definition) is 5. The van der Waals surface area contributed by atoms with Gasteiger partial charge in [0.25, 0.3) is 11.7 Å². The van der Waals surface area contributed by atoms with Crippen molar-refractivity contribution in [2.45, 2.75) is 58.9 Å². The number of hydrogen-bond donors (Lipinski definition) is 2. The molecule has 35 heavy (non-hydrogen) atoms. The Labute approximate surface area is 208 Å². The number of carbonyl (C=O) groups excluding carboxylic acids is 2. The van der Waals surface area contributed by atoms with E-state index in [0.29, 0.717) is 17.7 Å². The number of benzene rings is 2. The molecular weight excluding hydrogens is 440 g/mol. The number of carbonyl (C=O) groups is 2. The van der Waals surface area contributed by atoms with Crippen molar-refractivity contribution in [2.75, 3.05) is 26.2 Å². The van der Waals surface area contributed by atoms with Gasteiger partial charge in [0, 0.05) is 12.1 Å². The van der Waals surface area contributed by atoms with Crippen molar-refractivity contribution in [1.82, 2.24) is 9.80 Å². The Morgan fingerprint density at radius 3 is 2.03 bits per heavy atom. The number of nitrogens with zero attached hydrogens (tertiary/aromatic N) is 2. The van der Waals surface area contributed by atoms with E-state index in [0.717, 1.165) is 57.3 Å². The van der Waals surface area contributed by atoms with Crippen molar-refractivity contribution in [1.29, 1.82) is 0 Å². The van der Waals surface area contributed by atoms with Gasteiger partial charge in [-0.1, -0.05) is 68.7 Å². The second-order valence-corrected chi connectivity index (χ2v) is 9.35. The summed E-state index contributed by atoms with van der Waals surface area (Å²) in [5.41, 5.74) is 2.32. The van der Waals surface area contributed by atoms with Gasteiger partial charge in [-0.25, -0.2) is 0 Å². The van der Waals surface area contributed by atoms with Crippen molar-refractivity contribution < 1.29 is 19.8 Å². The number of amides is 1. The summed E-state index contributed by atoms with van der Waals surface area (Å²) in [7, 11) is 0. The first-order chi connectivity index (χ1) is 16.9. The lowest BCUT2D eigenvalue weighted by Gasteiger charge is -2.27. The summed E-state index contributed by atoms with van der Waals surface area (Å²) in [5, 5.41) is 20.9. The molecule has 0 spiro atoms. The first-order valence-corrected chi connectivity index (χ1v) is 12.7. The molecular formula is C29H38N2O4. The Balaban J connectivity index is 1.90. The summed E-state index contributed by atoms with van der Waals surface area (Å²) < 4.78 is 0. The average Bonchev–Trinajstić information content (AvgIpc) is 3.10. The number of aliphatic hydroxyl groups is 1. The van der Waals surface area contributed by atoms with Gasteiger partial charge in [-0.15, -0.1) is 0 Å². The number of phenolic OH excluding ortho intramolecular Hbond substituents is 1. The molecule has 188 valence electrons. The molecule has 2 aromatic carbocycles. The maximum atomic E-state index is 13.2. The Kier molecular flexibility index (Phi) is 9.49. The van der Waals surface area contributed by atoms with Crippen LogP contribution in [0.3, 0.4) is 0 Å². The van der Waals surface area contributed by atoms with E-state index in [9.17, 15) is 19.8 Å².